The summed E-state index contributed by atoms with van der Waals surface area (Å²) in [6.07, 6.45) is 9.89. The molecule has 0 saturated heterocycles. The van der Waals surface area contributed by atoms with Crippen LogP contribution in [-0.2, 0) is 44.9 Å². The van der Waals surface area contributed by atoms with Crippen LogP contribution in [0.1, 0.15) is 109 Å². The fraction of sp³-hybridized carbons (Fsp3) is 0.649. The highest BCUT2D eigenvalue weighted by Crippen LogP contribution is 2.53. The molecular weight excluding hydrogens is 731 g/mol. The Morgan fingerprint density at radius 3 is 2.27 bits per heavy atom. The van der Waals surface area contributed by atoms with Crippen LogP contribution in [0, 0.1) is 11.8 Å². The quantitative estimate of drug-likeness (QED) is 0.0744. The number of nitrogens with zero attached hydrogens (tertiary/aromatic N) is 1. The van der Waals surface area contributed by atoms with E-state index in [1.807, 2.05) is 30.3 Å². The third kappa shape index (κ3) is 10.5. The number of esters is 2. The highest BCUT2D eigenvalue weighted by Gasteiger charge is 2.67. The van der Waals surface area contributed by atoms with Crippen LogP contribution in [0.3, 0.4) is 0 Å². The Labute approximate surface area is 316 Å². The first-order valence-electron chi connectivity index (χ1n) is 18.0. The number of rotatable bonds is 18. The number of aryl methyl sites for hydroxylation is 1. The molecule has 15 heteroatoms. The Morgan fingerprint density at radius 2 is 1.69 bits per heavy atom. The van der Waals surface area contributed by atoms with Crippen molar-refractivity contribution in [3.8, 4) is 0 Å². The lowest BCUT2D eigenvalue weighted by atomic mass is 9.76. The predicted octanol–water partition coefficient (Wildman–Crippen LogP) is 5.69. The van der Waals surface area contributed by atoms with E-state index in [4.69, 9.17) is 32.7 Å². The largest absolute Gasteiger partial charge is 0.451 e. The maximum absolute atomic E-state index is 14.3. The number of aromatic nitrogens is 2. The van der Waals surface area contributed by atoms with Crippen molar-refractivity contribution in [3.63, 3.8) is 0 Å². The number of carbonyl (C=O) groups excluding carboxylic acids is 4. The van der Waals surface area contributed by atoms with Crippen molar-refractivity contribution in [2.75, 3.05) is 11.6 Å². The Morgan fingerprint density at radius 1 is 1.02 bits per heavy atom. The van der Waals surface area contributed by atoms with Gasteiger partial charge in [-0.3, -0.25) is 14.4 Å². The molecule has 0 spiro atoms. The Bertz CT molecular complexity index is 1630. The maximum atomic E-state index is 14.3. The molecule has 0 aliphatic heterocycles. The molecule has 1 heterocycles. The lowest BCUT2D eigenvalue weighted by molar-refractivity contribution is -0.226. The number of sulfone groups is 1. The summed E-state index contributed by atoms with van der Waals surface area (Å²) in [6.45, 7) is 6.04. The van der Waals surface area contributed by atoms with Crippen molar-refractivity contribution in [2.45, 2.75) is 126 Å². The van der Waals surface area contributed by atoms with Crippen molar-refractivity contribution in [3.05, 3.63) is 54.1 Å². The highest BCUT2D eigenvalue weighted by atomic mass is 35.5. The Balaban J connectivity index is 1.81. The van der Waals surface area contributed by atoms with E-state index in [1.54, 1.807) is 6.92 Å². The number of nitrogens with one attached hydrogen (secondary N) is 3. The topological polar surface area (TPSA) is 174 Å². The molecule has 2 amide bonds. The second-order valence-electron chi connectivity index (χ2n) is 15.1. The first-order valence-corrected chi connectivity index (χ1v) is 20.7. The number of alkyl halides is 2. The van der Waals surface area contributed by atoms with Gasteiger partial charge < -0.3 is 25.1 Å². The van der Waals surface area contributed by atoms with E-state index in [0.717, 1.165) is 37.7 Å². The number of amides is 2. The van der Waals surface area contributed by atoms with Gasteiger partial charge in [-0.05, 0) is 71.3 Å². The van der Waals surface area contributed by atoms with Gasteiger partial charge in [-0.25, -0.2) is 18.2 Å². The first-order chi connectivity index (χ1) is 24.5. The van der Waals surface area contributed by atoms with Gasteiger partial charge in [0, 0.05) is 18.5 Å². The standard InChI is InChI=1S/C37H52Cl2N4O8S/c1-25(29-22-40-24-41-29)33(46)43-37(23-52(48,49)35(2,3)4,51-34(47)32(39)42-30(44)18-15-26-11-7-5-8-12-26)36(28-16-17-28,50-31(45)21-38)20-19-27-13-9-6-10-14-27/h5,7-8,11-12,22,24-25,27-28,32H,6,9-10,13-21,23H2,1-4H3,(H,40,41)(H,42,44)(H,43,46)/t25?,32-,36+,37-/m1/s1. The lowest BCUT2D eigenvalue weighted by Gasteiger charge is -2.50. The molecule has 2 aromatic rings. The van der Waals surface area contributed by atoms with Crippen molar-refractivity contribution in [2.24, 2.45) is 11.8 Å². The van der Waals surface area contributed by atoms with E-state index >= 15 is 0 Å². The molecule has 288 valence electrons. The van der Waals surface area contributed by atoms with Gasteiger partial charge in [0.25, 0.3) is 0 Å². The summed E-state index contributed by atoms with van der Waals surface area (Å²) in [6, 6.07) is 9.28. The molecule has 0 radical (unpaired) electrons. The summed E-state index contributed by atoms with van der Waals surface area (Å²) in [5.74, 6) is -6.11. The minimum atomic E-state index is -4.26. The number of H-pyrrole nitrogens is 1. The van der Waals surface area contributed by atoms with Gasteiger partial charge in [-0.15, -0.1) is 11.6 Å². The van der Waals surface area contributed by atoms with Crippen LogP contribution in [0.2, 0.25) is 0 Å². The van der Waals surface area contributed by atoms with Crippen LogP contribution >= 0.6 is 23.2 Å². The Hall–Kier alpha value is -3.16. The monoisotopic (exact) mass is 782 g/mol. The molecule has 1 aromatic heterocycles. The number of imidazole rings is 1. The third-order valence-electron chi connectivity index (χ3n) is 10.2. The van der Waals surface area contributed by atoms with Crippen molar-refractivity contribution in [1.82, 2.24) is 20.6 Å². The van der Waals surface area contributed by atoms with Gasteiger partial charge in [0.1, 0.15) is 11.6 Å². The molecule has 4 atom stereocenters. The second kappa shape index (κ2) is 17.8. The number of carbonyl (C=O) groups is 4. The molecule has 0 bridgehead atoms. The van der Waals surface area contributed by atoms with Crippen LogP contribution in [0.15, 0.2) is 42.9 Å². The summed E-state index contributed by atoms with van der Waals surface area (Å²) in [5.41, 5.74) is -4.88. The first kappa shape index (κ1) is 41.6. The minimum Gasteiger partial charge on any atom is -0.451 e. The zero-order valence-electron chi connectivity index (χ0n) is 30.4. The molecule has 3 N–H and O–H groups in total. The van der Waals surface area contributed by atoms with Crippen LogP contribution in [0.5, 0.6) is 0 Å². The van der Waals surface area contributed by atoms with E-state index in [1.165, 1.54) is 33.3 Å². The van der Waals surface area contributed by atoms with Crippen LogP contribution in [-0.4, -0.2) is 75.3 Å². The number of ether oxygens (including phenoxy) is 2. The van der Waals surface area contributed by atoms with Gasteiger partial charge in [-0.1, -0.05) is 74.0 Å². The van der Waals surface area contributed by atoms with Crippen molar-refractivity contribution in [1.29, 1.82) is 0 Å². The molecule has 1 aromatic carbocycles. The lowest BCUT2D eigenvalue weighted by Crippen LogP contribution is -2.73. The van der Waals surface area contributed by atoms with Gasteiger partial charge >= 0.3 is 11.9 Å². The molecule has 2 aliphatic carbocycles. The Kier molecular flexibility index (Phi) is 14.2. The fourth-order valence-corrected chi connectivity index (χ4v) is 8.43. The second-order valence-corrected chi connectivity index (χ2v) is 18.5. The number of aromatic amines is 1. The summed E-state index contributed by atoms with van der Waals surface area (Å²) < 4.78 is 39.7. The molecule has 2 saturated carbocycles. The average molecular weight is 784 g/mol. The zero-order valence-corrected chi connectivity index (χ0v) is 32.7. The SMILES string of the molecule is CC(C(=O)N[C@](CS(=O)(=O)C(C)(C)C)(OC(=O)[C@H](Cl)NC(=O)CCc1ccccc1)[C@@](CCC1CCCCC1)(OC(=O)CCl)C1CC1)c1c[nH]cn1. The molecule has 2 fully saturated rings. The van der Waals surface area contributed by atoms with Gasteiger partial charge in [0.15, 0.2) is 15.4 Å². The third-order valence-corrected chi connectivity index (χ3v) is 13.4. The van der Waals surface area contributed by atoms with Gasteiger partial charge in [-0.2, -0.15) is 0 Å². The van der Waals surface area contributed by atoms with E-state index in [-0.39, 0.29) is 18.8 Å². The number of hydrogen-bond donors (Lipinski definition) is 3. The molecule has 2 aliphatic rings. The van der Waals surface area contributed by atoms with Crippen LogP contribution in [0.25, 0.3) is 0 Å². The molecule has 12 nitrogen and oxygen atoms in total. The zero-order chi connectivity index (χ0) is 38.2. The minimum absolute atomic E-state index is 0.00269. The predicted molar refractivity (Wildman–Crippen MR) is 198 cm³/mol. The normalized spacial score (nSPS) is 19.0. The fourth-order valence-electron chi connectivity index (χ4n) is 6.87. The number of hydrogen-bond acceptors (Lipinski definition) is 9. The summed E-state index contributed by atoms with van der Waals surface area (Å²) in [4.78, 5) is 61.7. The number of halogens is 2. The highest BCUT2D eigenvalue weighted by molar-refractivity contribution is 7.92. The van der Waals surface area contributed by atoms with Crippen molar-refractivity contribution < 1.29 is 37.1 Å². The molecular formula is C37H52Cl2N4O8S. The van der Waals surface area contributed by atoms with E-state index in [0.29, 0.717) is 31.4 Å². The number of benzene rings is 1. The molecule has 4 rings (SSSR count). The molecule has 52 heavy (non-hydrogen) atoms. The van der Waals surface area contributed by atoms with E-state index < -0.39 is 78.6 Å². The van der Waals surface area contributed by atoms with Crippen LogP contribution < -0.4 is 10.6 Å². The maximum Gasteiger partial charge on any atom is 0.346 e. The van der Waals surface area contributed by atoms with Crippen molar-refractivity contribution >= 4 is 56.8 Å². The molecule has 1 unspecified atom stereocenters. The van der Waals surface area contributed by atoms with E-state index in [2.05, 4.69) is 20.6 Å². The average Bonchev–Trinajstić information content (AvgIpc) is 3.82. The summed E-state index contributed by atoms with van der Waals surface area (Å²) >= 11 is 12.6. The van der Waals surface area contributed by atoms with Gasteiger partial charge in [0.05, 0.1) is 22.7 Å². The van der Waals surface area contributed by atoms with Crippen LogP contribution in [0.4, 0.5) is 0 Å². The van der Waals surface area contributed by atoms with E-state index in [9.17, 15) is 27.6 Å². The smallest absolute Gasteiger partial charge is 0.346 e. The summed E-state index contributed by atoms with van der Waals surface area (Å²) in [5, 5.41) is 5.25. The summed E-state index contributed by atoms with van der Waals surface area (Å²) in [7, 11) is -4.26. The van der Waals surface area contributed by atoms with Gasteiger partial charge in [0.2, 0.25) is 23.0 Å².